The van der Waals surface area contributed by atoms with Crippen molar-refractivity contribution in [2.24, 2.45) is 0 Å². The average Bonchev–Trinajstić information content (AvgIpc) is 2.56. The molecular weight excluding hydrogens is 178 g/mol. The standard InChI is InChI=1S/C10H19N3O/c1-4-12-7-8-13(10(12)14)6-5-9(2)11-3/h7-9,11H,4-6H2,1-3H3. The minimum atomic E-state index is 0.0933. The second kappa shape index (κ2) is 5.00. The van der Waals surface area contributed by atoms with Crippen molar-refractivity contribution >= 4 is 0 Å². The molecule has 80 valence electrons. The van der Waals surface area contributed by atoms with Crippen LogP contribution >= 0.6 is 0 Å². The Balaban J connectivity index is 2.59. The van der Waals surface area contributed by atoms with Crippen molar-refractivity contribution in [3.8, 4) is 0 Å². The number of aryl methyl sites for hydroxylation is 2. The average molecular weight is 197 g/mol. The summed E-state index contributed by atoms with van der Waals surface area (Å²) in [5.74, 6) is 0. The highest BCUT2D eigenvalue weighted by molar-refractivity contribution is 4.81. The lowest BCUT2D eigenvalue weighted by Gasteiger charge is -2.09. The largest absolute Gasteiger partial charge is 0.328 e. The van der Waals surface area contributed by atoms with Crippen LogP contribution in [0.15, 0.2) is 17.2 Å². The Morgan fingerprint density at radius 1 is 1.43 bits per heavy atom. The molecule has 1 rings (SSSR count). The summed E-state index contributed by atoms with van der Waals surface area (Å²) < 4.78 is 3.47. The van der Waals surface area contributed by atoms with Crippen LogP contribution in [0.2, 0.25) is 0 Å². The van der Waals surface area contributed by atoms with Gasteiger partial charge in [0.25, 0.3) is 0 Å². The van der Waals surface area contributed by atoms with E-state index in [2.05, 4.69) is 12.2 Å². The van der Waals surface area contributed by atoms with Gasteiger partial charge in [-0.25, -0.2) is 4.79 Å². The van der Waals surface area contributed by atoms with Crippen molar-refractivity contribution in [2.45, 2.75) is 39.4 Å². The topological polar surface area (TPSA) is 39.0 Å². The van der Waals surface area contributed by atoms with E-state index < -0.39 is 0 Å². The van der Waals surface area contributed by atoms with Crippen LogP contribution in [-0.4, -0.2) is 22.2 Å². The van der Waals surface area contributed by atoms with Crippen molar-refractivity contribution < 1.29 is 0 Å². The van der Waals surface area contributed by atoms with Gasteiger partial charge in [0, 0.05) is 31.5 Å². The third kappa shape index (κ3) is 2.48. The Morgan fingerprint density at radius 3 is 2.57 bits per heavy atom. The van der Waals surface area contributed by atoms with E-state index in [4.69, 9.17) is 0 Å². The molecule has 0 saturated carbocycles. The molecule has 1 aromatic rings. The van der Waals surface area contributed by atoms with Gasteiger partial charge in [0.15, 0.2) is 0 Å². The first-order valence-electron chi connectivity index (χ1n) is 5.11. The molecule has 0 aliphatic rings. The van der Waals surface area contributed by atoms with Gasteiger partial charge in [0.2, 0.25) is 0 Å². The maximum Gasteiger partial charge on any atom is 0.328 e. The normalized spacial score (nSPS) is 13.1. The predicted molar refractivity (Wildman–Crippen MR) is 57.5 cm³/mol. The lowest BCUT2D eigenvalue weighted by molar-refractivity contribution is 0.498. The summed E-state index contributed by atoms with van der Waals surface area (Å²) in [5.41, 5.74) is 0.0933. The molecule has 0 aliphatic carbocycles. The summed E-state index contributed by atoms with van der Waals surface area (Å²) in [4.78, 5) is 11.6. The quantitative estimate of drug-likeness (QED) is 0.753. The second-order valence-electron chi connectivity index (χ2n) is 3.54. The molecule has 1 heterocycles. The molecule has 0 saturated heterocycles. The number of nitrogens with one attached hydrogen (secondary N) is 1. The van der Waals surface area contributed by atoms with Crippen LogP contribution in [0.1, 0.15) is 20.3 Å². The van der Waals surface area contributed by atoms with Crippen LogP contribution < -0.4 is 11.0 Å². The van der Waals surface area contributed by atoms with Crippen LogP contribution in [0.5, 0.6) is 0 Å². The van der Waals surface area contributed by atoms with Gasteiger partial charge in [-0.15, -0.1) is 0 Å². The molecule has 0 fully saturated rings. The Hall–Kier alpha value is -1.03. The van der Waals surface area contributed by atoms with E-state index >= 15 is 0 Å². The van der Waals surface area contributed by atoms with E-state index in [1.54, 1.807) is 9.13 Å². The van der Waals surface area contributed by atoms with E-state index in [9.17, 15) is 4.79 Å². The maximum atomic E-state index is 11.6. The molecule has 0 bridgehead atoms. The van der Waals surface area contributed by atoms with Crippen LogP contribution in [0.4, 0.5) is 0 Å². The lowest BCUT2D eigenvalue weighted by atomic mass is 10.2. The van der Waals surface area contributed by atoms with Crippen molar-refractivity contribution in [2.75, 3.05) is 7.05 Å². The van der Waals surface area contributed by atoms with Crippen molar-refractivity contribution in [1.29, 1.82) is 0 Å². The number of rotatable bonds is 5. The van der Waals surface area contributed by atoms with Crippen LogP contribution in [-0.2, 0) is 13.1 Å². The van der Waals surface area contributed by atoms with E-state index in [0.29, 0.717) is 6.04 Å². The number of aromatic nitrogens is 2. The Kier molecular flexibility index (Phi) is 3.95. The molecule has 4 nitrogen and oxygen atoms in total. The minimum Gasteiger partial charge on any atom is -0.317 e. The van der Waals surface area contributed by atoms with E-state index in [-0.39, 0.29) is 5.69 Å². The van der Waals surface area contributed by atoms with Gasteiger partial charge in [0.05, 0.1) is 0 Å². The zero-order valence-electron chi connectivity index (χ0n) is 9.16. The van der Waals surface area contributed by atoms with Crippen molar-refractivity contribution in [1.82, 2.24) is 14.5 Å². The van der Waals surface area contributed by atoms with E-state index in [1.165, 1.54) is 0 Å². The van der Waals surface area contributed by atoms with Crippen LogP contribution in [0, 0.1) is 0 Å². The van der Waals surface area contributed by atoms with Crippen LogP contribution in [0.3, 0.4) is 0 Å². The van der Waals surface area contributed by atoms with E-state index in [0.717, 1.165) is 19.5 Å². The first kappa shape index (κ1) is 11.0. The molecule has 0 aromatic carbocycles. The molecule has 1 unspecified atom stereocenters. The predicted octanol–water partition coefficient (Wildman–Crippen LogP) is 0.668. The van der Waals surface area contributed by atoms with Crippen molar-refractivity contribution in [3.05, 3.63) is 22.9 Å². The maximum absolute atomic E-state index is 11.6. The zero-order chi connectivity index (χ0) is 10.6. The van der Waals surface area contributed by atoms with Crippen molar-refractivity contribution in [3.63, 3.8) is 0 Å². The summed E-state index contributed by atoms with van der Waals surface area (Å²) in [6, 6.07) is 0.451. The Bertz CT molecular complexity index is 326. The molecule has 1 atom stereocenters. The number of imidazole rings is 1. The van der Waals surface area contributed by atoms with E-state index in [1.807, 2.05) is 26.4 Å². The SMILES string of the molecule is CCn1ccn(CCC(C)NC)c1=O. The Labute approximate surface area is 84.5 Å². The van der Waals surface area contributed by atoms with Gasteiger partial charge in [-0.3, -0.25) is 9.13 Å². The highest BCUT2D eigenvalue weighted by atomic mass is 16.1. The smallest absolute Gasteiger partial charge is 0.317 e. The van der Waals surface area contributed by atoms with Gasteiger partial charge in [-0.2, -0.15) is 0 Å². The summed E-state index contributed by atoms with van der Waals surface area (Å²) in [5, 5.41) is 3.15. The fraction of sp³-hybridized carbons (Fsp3) is 0.700. The number of hydrogen-bond acceptors (Lipinski definition) is 2. The fourth-order valence-corrected chi connectivity index (χ4v) is 1.34. The van der Waals surface area contributed by atoms with Gasteiger partial charge in [-0.05, 0) is 27.3 Å². The summed E-state index contributed by atoms with van der Waals surface area (Å²) in [6.45, 7) is 5.62. The first-order valence-corrected chi connectivity index (χ1v) is 5.11. The van der Waals surface area contributed by atoms with Gasteiger partial charge in [0.1, 0.15) is 0 Å². The third-order valence-corrected chi connectivity index (χ3v) is 2.55. The highest BCUT2D eigenvalue weighted by Crippen LogP contribution is 1.93. The number of hydrogen-bond donors (Lipinski definition) is 1. The molecule has 4 heteroatoms. The monoisotopic (exact) mass is 197 g/mol. The first-order chi connectivity index (χ1) is 6.69. The molecule has 1 aromatic heterocycles. The second-order valence-corrected chi connectivity index (χ2v) is 3.54. The molecule has 0 radical (unpaired) electrons. The summed E-state index contributed by atoms with van der Waals surface area (Å²) in [7, 11) is 1.94. The molecule has 14 heavy (non-hydrogen) atoms. The highest BCUT2D eigenvalue weighted by Gasteiger charge is 2.03. The lowest BCUT2D eigenvalue weighted by Crippen LogP contribution is -2.27. The molecular formula is C10H19N3O. The molecule has 0 spiro atoms. The molecule has 0 aliphatic heterocycles. The Morgan fingerprint density at radius 2 is 2.07 bits per heavy atom. The minimum absolute atomic E-state index is 0.0933. The summed E-state index contributed by atoms with van der Waals surface area (Å²) in [6.07, 6.45) is 4.67. The summed E-state index contributed by atoms with van der Waals surface area (Å²) >= 11 is 0. The van der Waals surface area contributed by atoms with Gasteiger partial charge in [-0.1, -0.05) is 0 Å². The third-order valence-electron chi connectivity index (χ3n) is 2.55. The number of nitrogens with zero attached hydrogens (tertiary/aromatic N) is 2. The fourth-order valence-electron chi connectivity index (χ4n) is 1.34. The molecule has 0 amide bonds. The van der Waals surface area contributed by atoms with Crippen LogP contribution in [0.25, 0.3) is 0 Å². The molecule has 1 N–H and O–H groups in total. The van der Waals surface area contributed by atoms with Gasteiger partial charge < -0.3 is 5.32 Å². The van der Waals surface area contributed by atoms with Gasteiger partial charge >= 0.3 is 5.69 Å². The zero-order valence-corrected chi connectivity index (χ0v) is 9.16.